The summed E-state index contributed by atoms with van der Waals surface area (Å²) < 4.78 is 0. The molecule has 2 saturated heterocycles. The van der Waals surface area contributed by atoms with Crippen LogP contribution in [0.2, 0.25) is 0 Å². The maximum Gasteiger partial charge on any atom is 0.248 e. The Morgan fingerprint density at radius 2 is 1.53 bits per heavy atom. The van der Waals surface area contributed by atoms with Crippen molar-refractivity contribution in [1.82, 2.24) is 41.8 Å². The summed E-state index contributed by atoms with van der Waals surface area (Å²) in [5.41, 5.74) is 6.79. The second-order valence-electron chi connectivity index (χ2n) is 14.0. The van der Waals surface area contributed by atoms with Crippen LogP contribution in [-0.2, 0) is 44.8 Å². The van der Waals surface area contributed by atoms with Gasteiger partial charge >= 0.3 is 0 Å². The Balaban J connectivity index is 1.70. The van der Waals surface area contributed by atoms with Crippen LogP contribution in [0.3, 0.4) is 0 Å². The van der Waals surface area contributed by atoms with Crippen molar-refractivity contribution in [1.29, 1.82) is 0 Å². The first-order valence-corrected chi connectivity index (χ1v) is 17.7. The van der Waals surface area contributed by atoms with Crippen LogP contribution < -0.4 is 37.6 Å². The molecule has 18 nitrogen and oxygen atoms in total. The minimum absolute atomic E-state index is 0.0731. The van der Waals surface area contributed by atoms with Gasteiger partial charge in [-0.3, -0.25) is 38.4 Å². The Morgan fingerprint density at radius 1 is 0.868 bits per heavy atom. The SMILES string of the molecule is CC(C)C[C@@H]1NC(=O)CNC(=O)[C@@H]2CCCN2C(=O)[C@H]([C@@H](C)O)NC(=O)[C@H](Cc2c[nH]c3ccccc23)NC(=O)[C@H](C)NC(=O)[C@H](CC(N)=O)NC1=O. The summed E-state index contributed by atoms with van der Waals surface area (Å²) in [6.45, 7) is 5.81. The van der Waals surface area contributed by atoms with E-state index in [4.69, 9.17) is 5.73 Å². The number of aliphatic hydroxyl groups is 1. The Morgan fingerprint density at radius 3 is 2.21 bits per heavy atom. The quantitative estimate of drug-likeness (QED) is 0.146. The molecule has 0 radical (unpaired) electrons. The lowest BCUT2D eigenvalue weighted by atomic mass is 10.0. The van der Waals surface area contributed by atoms with Gasteiger partial charge < -0.3 is 52.6 Å². The Labute approximate surface area is 306 Å². The number of nitrogens with two attached hydrogens (primary N) is 1. The third kappa shape index (κ3) is 10.5. The molecule has 8 amide bonds. The fraction of sp³-hybridized carbons (Fsp3) is 0.543. The summed E-state index contributed by atoms with van der Waals surface area (Å²) in [6, 6.07) is -0.641. The van der Waals surface area contributed by atoms with Crippen LogP contribution in [0.25, 0.3) is 10.9 Å². The highest BCUT2D eigenvalue weighted by Gasteiger charge is 2.40. The van der Waals surface area contributed by atoms with E-state index in [-0.39, 0.29) is 31.7 Å². The van der Waals surface area contributed by atoms with Crippen LogP contribution in [0, 0.1) is 5.92 Å². The van der Waals surface area contributed by atoms with Gasteiger partial charge in [0.25, 0.3) is 0 Å². The maximum atomic E-state index is 13.9. The summed E-state index contributed by atoms with van der Waals surface area (Å²) in [7, 11) is 0. The zero-order valence-corrected chi connectivity index (χ0v) is 30.2. The molecule has 1 aromatic heterocycles. The molecule has 4 rings (SSSR count). The van der Waals surface area contributed by atoms with Gasteiger partial charge in [-0.2, -0.15) is 0 Å². The zero-order chi connectivity index (χ0) is 39.0. The molecule has 7 atom stereocenters. The van der Waals surface area contributed by atoms with Gasteiger partial charge in [0.05, 0.1) is 19.1 Å². The van der Waals surface area contributed by atoms with Gasteiger partial charge in [-0.25, -0.2) is 0 Å². The molecule has 2 aliphatic heterocycles. The molecule has 0 unspecified atom stereocenters. The number of carbonyl (C=O) groups excluding carboxylic acids is 8. The van der Waals surface area contributed by atoms with Crippen molar-refractivity contribution in [2.75, 3.05) is 13.1 Å². The van der Waals surface area contributed by atoms with Crippen LogP contribution in [0.15, 0.2) is 30.5 Å². The van der Waals surface area contributed by atoms with Gasteiger partial charge in [0.15, 0.2) is 0 Å². The van der Waals surface area contributed by atoms with E-state index in [0.717, 1.165) is 10.9 Å². The molecule has 0 aliphatic carbocycles. The lowest BCUT2D eigenvalue weighted by Crippen LogP contribution is -2.61. The standard InChI is InChI=1S/C35H49N9O9/c1-17(2)12-23-32(50)42-25(14-27(36)46)31(49)39-18(3)30(48)41-24(13-20-15-37-22-9-6-5-8-21(20)22)33(51)43-29(19(4)45)35(53)44-11-7-10-26(44)34(52)38-16-28(47)40-23/h5-6,8-9,15,17-19,23-26,29,37,45H,7,10-14,16H2,1-4H3,(H2,36,46)(H,38,52)(H,39,49)(H,40,47)(H,41,48)(H,42,50)(H,43,51)/t18-,19+,23-,24-,25-,26-,29-/m0/s1. The van der Waals surface area contributed by atoms with E-state index in [0.29, 0.717) is 12.0 Å². The average molecular weight is 740 g/mol. The van der Waals surface area contributed by atoms with E-state index < -0.39 is 103 Å². The predicted molar refractivity (Wildman–Crippen MR) is 190 cm³/mol. The molecule has 0 spiro atoms. The number of nitrogens with one attached hydrogen (secondary N) is 7. The molecule has 288 valence electrons. The van der Waals surface area contributed by atoms with Gasteiger partial charge in [0.1, 0.15) is 36.3 Å². The molecule has 2 aliphatic rings. The van der Waals surface area contributed by atoms with E-state index in [1.54, 1.807) is 26.1 Å². The molecule has 10 N–H and O–H groups in total. The number of aliphatic hydroxyl groups excluding tert-OH is 1. The first-order valence-electron chi connectivity index (χ1n) is 17.7. The fourth-order valence-electron chi connectivity index (χ4n) is 6.45. The molecule has 53 heavy (non-hydrogen) atoms. The number of carbonyl (C=O) groups is 8. The Hall–Kier alpha value is -5.52. The second kappa shape index (κ2) is 17.8. The Kier molecular flexibility index (Phi) is 13.5. The molecule has 1 aromatic carbocycles. The summed E-state index contributed by atoms with van der Waals surface area (Å²) in [6.07, 6.45) is 0.345. The maximum absolute atomic E-state index is 13.9. The van der Waals surface area contributed by atoms with Crippen LogP contribution in [0.1, 0.15) is 58.9 Å². The van der Waals surface area contributed by atoms with Gasteiger partial charge in [-0.15, -0.1) is 0 Å². The number of fused-ring (bicyclic) bond motifs is 2. The average Bonchev–Trinajstić information content (AvgIpc) is 3.75. The largest absolute Gasteiger partial charge is 0.391 e. The minimum Gasteiger partial charge on any atom is -0.391 e. The fourth-order valence-corrected chi connectivity index (χ4v) is 6.45. The third-order valence-electron chi connectivity index (χ3n) is 9.19. The number of nitrogens with zero attached hydrogens (tertiary/aromatic N) is 1. The number of amides is 8. The van der Waals surface area contributed by atoms with Gasteiger partial charge in [-0.1, -0.05) is 32.0 Å². The van der Waals surface area contributed by atoms with E-state index in [1.807, 2.05) is 18.2 Å². The summed E-state index contributed by atoms with van der Waals surface area (Å²) >= 11 is 0. The van der Waals surface area contributed by atoms with Crippen LogP contribution in [0.4, 0.5) is 0 Å². The van der Waals surface area contributed by atoms with E-state index in [9.17, 15) is 43.5 Å². The molecule has 18 heteroatoms. The molecule has 2 aromatic rings. The van der Waals surface area contributed by atoms with Crippen LogP contribution in [0.5, 0.6) is 0 Å². The highest BCUT2D eigenvalue weighted by molar-refractivity contribution is 5.99. The van der Waals surface area contributed by atoms with Crippen molar-refractivity contribution in [3.05, 3.63) is 36.0 Å². The van der Waals surface area contributed by atoms with E-state index >= 15 is 0 Å². The zero-order valence-electron chi connectivity index (χ0n) is 30.2. The Bertz CT molecular complexity index is 1720. The van der Waals surface area contributed by atoms with Gasteiger partial charge in [0.2, 0.25) is 47.3 Å². The lowest BCUT2D eigenvalue weighted by Gasteiger charge is -2.31. The van der Waals surface area contributed by atoms with Crippen molar-refractivity contribution in [2.45, 2.75) is 102 Å². The van der Waals surface area contributed by atoms with Crippen LogP contribution >= 0.6 is 0 Å². The van der Waals surface area contributed by atoms with Gasteiger partial charge in [-0.05, 0) is 50.7 Å². The lowest BCUT2D eigenvalue weighted by molar-refractivity contribution is -0.144. The molecular weight excluding hydrogens is 690 g/mol. The molecule has 0 bridgehead atoms. The molecule has 0 saturated carbocycles. The number of hydrogen-bond donors (Lipinski definition) is 9. The van der Waals surface area contributed by atoms with Crippen molar-refractivity contribution < 1.29 is 43.5 Å². The summed E-state index contributed by atoms with van der Waals surface area (Å²) in [4.78, 5) is 111. The van der Waals surface area contributed by atoms with Crippen molar-refractivity contribution in [3.63, 3.8) is 0 Å². The molecular formula is C35H49N9O9. The normalized spacial score (nSPS) is 26.4. The monoisotopic (exact) mass is 739 g/mol. The number of H-pyrrole nitrogens is 1. The van der Waals surface area contributed by atoms with Crippen molar-refractivity contribution in [3.8, 4) is 0 Å². The van der Waals surface area contributed by atoms with E-state index in [1.165, 1.54) is 18.7 Å². The van der Waals surface area contributed by atoms with Crippen LogP contribution in [-0.4, -0.2) is 118 Å². The van der Waals surface area contributed by atoms with Gasteiger partial charge in [0, 0.05) is 30.1 Å². The predicted octanol–water partition coefficient (Wildman–Crippen LogP) is -2.42. The van der Waals surface area contributed by atoms with Crippen molar-refractivity contribution >= 4 is 58.2 Å². The highest BCUT2D eigenvalue weighted by Crippen LogP contribution is 2.21. The summed E-state index contributed by atoms with van der Waals surface area (Å²) in [5, 5.41) is 26.6. The first kappa shape index (κ1) is 40.3. The van der Waals surface area contributed by atoms with E-state index in [2.05, 4.69) is 36.9 Å². The smallest absolute Gasteiger partial charge is 0.248 e. The topological polar surface area (TPSA) is 274 Å². The number of rotatable bonds is 7. The third-order valence-corrected chi connectivity index (χ3v) is 9.19. The number of benzene rings is 1. The number of aromatic amines is 1. The second-order valence-corrected chi connectivity index (χ2v) is 14.0. The number of para-hydroxylation sites is 1. The molecule has 2 fully saturated rings. The first-order chi connectivity index (χ1) is 25.0. The summed E-state index contributed by atoms with van der Waals surface area (Å²) in [5.74, 6) is -6.59. The van der Waals surface area contributed by atoms with Crippen molar-refractivity contribution in [2.24, 2.45) is 11.7 Å². The molecule has 3 heterocycles. The minimum atomic E-state index is -1.54. The number of aromatic nitrogens is 1. The highest BCUT2D eigenvalue weighted by atomic mass is 16.3. The number of primary amides is 1. The number of hydrogen-bond acceptors (Lipinski definition) is 9.